The second-order valence-electron chi connectivity index (χ2n) is 6.98. The molecule has 0 aromatic carbocycles. The summed E-state index contributed by atoms with van der Waals surface area (Å²) in [6, 6.07) is 6.14. The minimum atomic E-state index is 0.207. The molecule has 2 aliphatic heterocycles. The number of aryl methyl sites for hydroxylation is 1. The smallest absolute Gasteiger partial charge is 0.128 e. The lowest BCUT2D eigenvalue weighted by atomic mass is 9.87. The Morgan fingerprint density at radius 2 is 2.25 bits per heavy atom. The van der Waals surface area contributed by atoms with E-state index in [2.05, 4.69) is 44.2 Å². The van der Waals surface area contributed by atoms with Crippen LogP contribution in [0.25, 0.3) is 0 Å². The van der Waals surface area contributed by atoms with Gasteiger partial charge in [-0.2, -0.15) is 0 Å². The van der Waals surface area contributed by atoms with E-state index in [4.69, 9.17) is 4.74 Å². The molecular formula is C18H24N4OS. The standard InChI is InChI=1S/C18H24N4OS/c1-15-20-16(11-24-15)10-21-8-9-23-14-18(12-21)5-7-22(13-18)17-4-2-3-6-19-17/h2-4,6,11H,5,7-10,12-14H2,1H3/t18-/m0/s1. The molecular weight excluding hydrogens is 320 g/mol. The molecule has 2 aromatic heterocycles. The molecule has 1 spiro atoms. The number of hydrogen-bond acceptors (Lipinski definition) is 6. The highest BCUT2D eigenvalue weighted by Gasteiger charge is 2.41. The highest BCUT2D eigenvalue weighted by Crippen LogP contribution is 2.35. The number of nitrogens with zero attached hydrogens (tertiary/aromatic N) is 4. The molecule has 24 heavy (non-hydrogen) atoms. The Bertz CT molecular complexity index is 677. The maximum Gasteiger partial charge on any atom is 0.128 e. The first kappa shape index (κ1) is 16.0. The zero-order valence-electron chi connectivity index (χ0n) is 14.1. The van der Waals surface area contributed by atoms with Crippen molar-refractivity contribution in [2.24, 2.45) is 5.41 Å². The number of hydrogen-bond donors (Lipinski definition) is 0. The van der Waals surface area contributed by atoms with Crippen LogP contribution in [0.3, 0.4) is 0 Å². The summed E-state index contributed by atoms with van der Waals surface area (Å²) in [6.45, 7) is 8.81. The zero-order valence-corrected chi connectivity index (χ0v) is 15.0. The van der Waals surface area contributed by atoms with Crippen LogP contribution in [0.2, 0.25) is 0 Å². The van der Waals surface area contributed by atoms with E-state index < -0.39 is 0 Å². The number of thiazole rings is 1. The summed E-state index contributed by atoms with van der Waals surface area (Å²) in [5, 5.41) is 3.33. The summed E-state index contributed by atoms with van der Waals surface area (Å²) in [5.74, 6) is 1.08. The molecule has 128 valence electrons. The number of aromatic nitrogens is 2. The van der Waals surface area contributed by atoms with Gasteiger partial charge in [0, 0.05) is 49.7 Å². The van der Waals surface area contributed by atoms with Gasteiger partial charge in [-0.25, -0.2) is 9.97 Å². The van der Waals surface area contributed by atoms with Gasteiger partial charge in [-0.1, -0.05) is 6.07 Å². The third-order valence-corrected chi connectivity index (χ3v) is 5.81. The van der Waals surface area contributed by atoms with Crippen molar-refractivity contribution in [1.82, 2.24) is 14.9 Å². The van der Waals surface area contributed by atoms with E-state index in [1.54, 1.807) is 11.3 Å². The Hall–Kier alpha value is -1.50. The largest absolute Gasteiger partial charge is 0.379 e. The Balaban J connectivity index is 1.46. The van der Waals surface area contributed by atoms with Crippen molar-refractivity contribution in [1.29, 1.82) is 0 Å². The molecule has 0 saturated carbocycles. The van der Waals surface area contributed by atoms with Gasteiger partial charge in [-0.3, -0.25) is 4.90 Å². The molecule has 2 aliphatic rings. The summed E-state index contributed by atoms with van der Waals surface area (Å²) >= 11 is 1.73. The lowest BCUT2D eigenvalue weighted by molar-refractivity contribution is 0.0798. The second-order valence-corrected chi connectivity index (χ2v) is 8.04. The zero-order chi connectivity index (χ0) is 16.4. The van der Waals surface area contributed by atoms with Gasteiger partial charge in [-0.05, 0) is 25.5 Å². The fraction of sp³-hybridized carbons (Fsp3) is 0.556. The van der Waals surface area contributed by atoms with E-state index in [1.807, 2.05) is 12.3 Å². The van der Waals surface area contributed by atoms with E-state index >= 15 is 0 Å². The number of ether oxygens (including phenoxy) is 1. The third-order valence-electron chi connectivity index (χ3n) is 4.98. The molecule has 4 heterocycles. The topological polar surface area (TPSA) is 41.5 Å². The van der Waals surface area contributed by atoms with Crippen molar-refractivity contribution in [3.63, 3.8) is 0 Å². The van der Waals surface area contributed by atoms with E-state index in [0.717, 1.165) is 63.2 Å². The van der Waals surface area contributed by atoms with Gasteiger partial charge in [0.25, 0.3) is 0 Å². The van der Waals surface area contributed by atoms with Gasteiger partial charge in [0.15, 0.2) is 0 Å². The Kier molecular flexibility index (Phi) is 4.52. The van der Waals surface area contributed by atoms with Crippen LogP contribution in [0.4, 0.5) is 5.82 Å². The molecule has 6 heteroatoms. The molecule has 0 radical (unpaired) electrons. The fourth-order valence-corrected chi connectivity index (χ4v) is 4.45. The van der Waals surface area contributed by atoms with Crippen molar-refractivity contribution < 1.29 is 4.74 Å². The van der Waals surface area contributed by atoms with Crippen molar-refractivity contribution in [2.75, 3.05) is 44.3 Å². The maximum absolute atomic E-state index is 5.98. The van der Waals surface area contributed by atoms with Gasteiger partial charge in [-0.15, -0.1) is 11.3 Å². The third kappa shape index (κ3) is 3.45. The van der Waals surface area contributed by atoms with Crippen molar-refractivity contribution >= 4 is 17.2 Å². The van der Waals surface area contributed by atoms with Crippen LogP contribution in [0.5, 0.6) is 0 Å². The molecule has 0 amide bonds. The Morgan fingerprint density at radius 3 is 3.04 bits per heavy atom. The van der Waals surface area contributed by atoms with Crippen molar-refractivity contribution in [3.8, 4) is 0 Å². The van der Waals surface area contributed by atoms with Crippen molar-refractivity contribution in [2.45, 2.75) is 19.9 Å². The first-order valence-corrected chi connectivity index (χ1v) is 9.48. The van der Waals surface area contributed by atoms with Crippen molar-refractivity contribution in [3.05, 3.63) is 40.5 Å². The van der Waals surface area contributed by atoms with E-state index in [0.29, 0.717) is 0 Å². The molecule has 0 bridgehead atoms. The predicted octanol–water partition coefficient (Wildman–Crippen LogP) is 2.58. The van der Waals surface area contributed by atoms with E-state index in [9.17, 15) is 0 Å². The van der Waals surface area contributed by atoms with Gasteiger partial charge in [0.1, 0.15) is 5.82 Å². The second kappa shape index (κ2) is 6.78. The first-order valence-electron chi connectivity index (χ1n) is 8.60. The first-order chi connectivity index (χ1) is 11.7. The van der Waals surface area contributed by atoms with Crippen LogP contribution in [0, 0.1) is 12.3 Å². The van der Waals surface area contributed by atoms with Gasteiger partial charge >= 0.3 is 0 Å². The molecule has 1 atom stereocenters. The summed E-state index contributed by atoms with van der Waals surface area (Å²) in [7, 11) is 0. The van der Waals surface area contributed by atoms with Gasteiger partial charge in [0.05, 0.1) is 23.9 Å². The number of pyridine rings is 1. The highest BCUT2D eigenvalue weighted by molar-refractivity contribution is 7.09. The number of anilines is 1. The quantitative estimate of drug-likeness (QED) is 0.856. The SMILES string of the molecule is Cc1nc(CN2CCOC[C@@]3(CCN(c4ccccn4)C3)C2)cs1. The van der Waals surface area contributed by atoms with Crippen LogP contribution in [-0.4, -0.2) is 54.3 Å². The minimum absolute atomic E-state index is 0.207. The monoisotopic (exact) mass is 344 g/mol. The minimum Gasteiger partial charge on any atom is -0.379 e. The van der Waals surface area contributed by atoms with Crippen LogP contribution in [0.1, 0.15) is 17.1 Å². The Morgan fingerprint density at radius 1 is 1.29 bits per heavy atom. The van der Waals surface area contributed by atoms with Gasteiger partial charge < -0.3 is 9.64 Å². The van der Waals surface area contributed by atoms with Gasteiger partial charge in [0.2, 0.25) is 0 Å². The summed E-state index contributed by atoms with van der Waals surface area (Å²) in [6.07, 6.45) is 3.04. The average molecular weight is 344 g/mol. The molecule has 2 fully saturated rings. The highest BCUT2D eigenvalue weighted by atomic mass is 32.1. The van der Waals surface area contributed by atoms with Crippen LogP contribution >= 0.6 is 11.3 Å². The molecule has 5 nitrogen and oxygen atoms in total. The molecule has 2 aromatic rings. The van der Waals surface area contributed by atoms with Crippen LogP contribution in [0.15, 0.2) is 29.8 Å². The number of rotatable bonds is 3. The fourth-order valence-electron chi connectivity index (χ4n) is 3.84. The molecule has 0 N–H and O–H groups in total. The summed E-state index contributed by atoms with van der Waals surface area (Å²) < 4.78 is 5.98. The maximum atomic E-state index is 5.98. The molecule has 0 aliphatic carbocycles. The molecule has 4 rings (SSSR count). The normalized spacial score (nSPS) is 25.3. The lowest BCUT2D eigenvalue weighted by Gasteiger charge is -2.31. The summed E-state index contributed by atoms with van der Waals surface area (Å²) in [4.78, 5) is 14.1. The summed E-state index contributed by atoms with van der Waals surface area (Å²) in [5.41, 5.74) is 1.40. The molecule has 2 saturated heterocycles. The average Bonchev–Trinajstić information content (AvgIpc) is 3.13. The molecule has 0 unspecified atom stereocenters. The van der Waals surface area contributed by atoms with E-state index in [1.165, 1.54) is 5.69 Å². The lowest BCUT2D eigenvalue weighted by Crippen LogP contribution is -2.40. The van der Waals surface area contributed by atoms with Crippen LogP contribution in [-0.2, 0) is 11.3 Å². The Labute approximate surface area is 147 Å². The van der Waals surface area contributed by atoms with E-state index in [-0.39, 0.29) is 5.41 Å². The van der Waals surface area contributed by atoms with Crippen LogP contribution < -0.4 is 4.90 Å². The predicted molar refractivity (Wildman–Crippen MR) is 96.4 cm³/mol.